The van der Waals surface area contributed by atoms with E-state index in [1.165, 1.54) is 0 Å². The summed E-state index contributed by atoms with van der Waals surface area (Å²) >= 11 is 0. The van der Waals surface area contributed by atoms with E-state index in [1.807, 2.05) is 20.8 Å². The Morgan fingerprint density at radius 2 is 1.93 bits per heavy atom. The molecule has 1 aromatic rings. The molecule has 0 aliphatic carbocycles. The zero-order chi connectivity index (χ0) is 20.7. The van der Waals surface area contributed by atoms with Gasteiger partial charge < -0.3 is 25.4 Å². The maximum absolute atomic E-state index is 12.4. The maximum atomic E-state index is 12.4. The zero-order valence-electron chi connectivity index (χ0n) is 17.4. The van der Waals surface area contributed by atoms with Crippen LogP contribution in [-0.2, 0) is 16.0 Å². The van der Waals surface area contributed by atoms with Crippen molar-refractivity contribution in [1.82, 2.24) is 20.4 Å². The van der Waals surface area contributed by atoms with Crippen molar-refractivity contribution in [3.05, 3.63) is 12.4 Å². The number of ether oxygens (including phenoxy) is 2. The number of nitrogens with zero attached hydrogens (tertiary/aromatic N) is 2. The molecule has 1 rings (SSSR count). The smallest absolute Gasteiger partial charge is 0.407 e. The third-order valence-electron chi connectivity index (χ3n) is 4.09. The van der Waals surface area contributed by atoms with Gasteiger partial charge in [0.25, 0.3) is 0 Å². The Morgan fingerprint density at radius 1 is 1.26 bits per heavy atom. The Labute approximate surface area is 161 Å². The molecule has 0 saturated carbocycles. The second kappa shape index (κ2) is 9.59. The Hall–Kier alpha value is -2.29. The van der Waals surface area contributed by atoms with E-state index in [9.17, 15) is 9.59 Å². The molecular formula is C18H33N5O4. The summed E-state index contributed by atoms with van der Waals surface area (Å²) in [5.41, 5.74) is -0.658. The van der Waals surface area contributed by atoms with Gasteiger partial charge in [0.15, 0.2) is 0 Å². The van der Waals surface area contributed by atoms with Gasteiger partial charge >= 0.3 is 12.1 Å². The van der Waals surface area contributed by atoms with E-state index in [4.69, 9.17) is 9.47 Å². The van der Waals surface area contributed by atoms with Crippen molar-refractivity contribution in [1.29, 1.82) is 0 Å². The third-order valence-corrected chi connectivity index (χ3v) is 4.09. The van der Waals surface area contributed by atoms with Crippen LogP contribution in [0, 0.1) is 5.92 Å². The SMILES string of the molecule is COCCn1cc(NC(=O)N[C@](C)(CNC(=O)OC(C)(C)C)C(C)C)cn1. The molecule has 9 heteroatoms. The number of rotatable bonds is 8. The number of carbonyl (C=O) groups excluding carboxylic acids is 2. The van der Waals surface area contributed by atoms with Gasteiger partial charge in [-0.2, -0.15) is 5.10 Å². The summed E-state index contributed by atoms with van der Waals surface area (Å²) < 4.78 is 11.9. The molecule has 154 valence electrons. The van der Waals surface area contributed by atoms with Crippen molar-refractivity contribution in [2.24, 2.45) is 5.92 Å². The molecule has 0 saturated heterocycles. The van der Waals surface area contributed by atoms with E-state index < -0.39 is 17.2 Å². The van der Waals surface area contributed by atoms with E-state index in [2.05, 4.69) is 21.0 Å². The summed E-state index contributed by atoms with van der Waals surface area (Å²) in [6, 6.07) is -0.372. The van der Waals surface area contributed by atoms with Crippen molar-refractivity contribution >= 4 is 17.8 Å². The van der Waals surface area contributed by atoms with E-state index in [0.717, 1.165) is 0 Å². The number of carbonyl (C=O) groups is 2. The van der Waals surface area contributed by atoms with E-state index >= 15 is 0 Å². The summed E-state index contributed by atoms with van der Waals surface area (Å²) in [4.78, 5) is 24.3. The average molecular weight is 383 g/mol. The van der Waals surface area contributed by atoms with Crippen LogP contribution in [-0.4, -0.2) is 53.3 Å². The highest BCUT2D eigenvalue weighted by Crippen LogP contribution is 2.17. The van der Waals surface area contributed by atoms with Crippen molar-refractivity contribution in [3.63, 3.8) is 0 Å². The predicted molar refractivity (Wildman–Crippen MR) is 104 cm³/mol. The summed E-state index contributed by atoms with van der Waals surface area (Å²) in [6.07, 6.45) is 2.78. The van der Waals surface area contributed by atoms with Crippen LogP contribution in [0.1, 0.15) is 41.5 Å². The van der Waals surface area contributed by atoms with Gasteiger partial charge in [0.2, 0.25) is 0 Å². The van der Waals surface area contributed by atoms with Crippen LogP contribution in [0.5, 0.6) is 0 Å². The lowest BCUT2D eigenvalue weighted by molar-refractivity contribution is 0.0505. The van der Waals surface area contributed by atoms with Crippen LogP contribution < -0.4 is 16.0 Å². The highest BCUT2D eigenvalue weighted by molar-refractivity contribution is 5.89. The third kappa shape index (κ3) is 8.29. The van der Waals surface area contributed by atoms with Crippen LogP contribution in [0.25, 0.3) is 0 Å². The van der Waals surface area contributed by atoms with Crippen molar-refractivity contribution < 1.29 is 19.1 Å². The molecule has 1 heterocycles. The van der Waals surface area contributed by atoms with E-state index in [-0.39, 0.29) is 18.5 Å². The molecule has 0 aliphatic rings. The van der Waals surface area contributed by atoms with Crippen molar-refractivity contribution in [2.45, 2.75) is 59.2 Å². The first-order valence-corrected chi connectivity index (χ1v) is 9.02. The second-order valence-corrected chi connectivity index (χ2v) is 7.99. The monoisotopic (exact) mass is 383 g/mol. The summed E-state index contributed by atoms with van der Waals surface area (Å²) in [5, 5.41) is 12.6. The standard InChI is InChI=1S/C18H33N5O4/c1-13(2)18(6,12-19-16(25)27-17(3,4)5)22-15(24)21-14-10-20-23(11-14)8-9-26-7/h10-11,13H,8-9,12H2,1-7H3,(H,19,25)(H2,21,22,24)/t18-/m1/s1. The van der Waals surface area contributed by atoms with Gasteiger partial charge in [-0.05, 0) is 33.6 Å². The molecule has 27 heavy (non-hydrogen) atoms. The Balaban J connectivity index is 2.62. The number of hydrogen-bond acceptors (Lipinski definition) is 5. The number of aromatic nitrogens is 2. The maximum Gasteiger partial charge on any atom is 0.407 e. The van der Waals surface area contributed by atoms with Gasteiger partial charge in [-0.25, -0.2) is 9.59 Å². The fourth-order valence-electron chi connectivity index (χ4n) is 2.12. The van der Waals surface area contributed by atoms with Gasteiger partial charge in [-0.15, -0.1) is 0 Å². The molecule has 0 aliphatic heterocycles. The molecule has 0 radical (unpaired) electrons. The number of hydrogen-bond donors (Lipinski definition) is 3. The van der Waals surface area contributed by atoms with Gasteiger partial charge in [0.05, 0.1) is 30.6 Å². The molecule has 9 nitrogen and oxygen atoms in total. The van der Waals surface area contributed by atoms with Crippen LogP contribution >= 0.6 is 0 Å². The van der Waals surface area contributed by atoms with Gasteiger partial charge in [0, 0.05) is 19.9 Å². The average Bonchev–Trinajstić information content (AvgIpc) is 2.96. The first-order chi connectivity index (χ1) is 12.4. The number of nitrogens with one attached hydrogen (secondary N) is 3. The highest BCUT2D eigenvalue weighted by atomic mass is 16.6. The molecule has 1 atom stereocenters. The first kappa shape index (κ1) is 22.8. The van der Waals surface area contributed by atoms with Gasteiger partial charge in [0.1, 0.15) is 5.60 Å². The fourth-order valence-corrected chi connectivity index (χ4v) is 2.12. The predicted octanol–water partition coefficient (Wildman–Crippen LogP) is 2.59. The minimum absolute atomic E-state index is 0.0719. The number of anilines is 1. The lowest BCUT2D eigenvalue weighted by Gasteiger charge is -2.35. The number of alkyl carbamates (subject to hydrolysis) is 1. The summed E-state index contributed by atoms with van der Waals surface area (Å²) in [7, 11) is 1.62. The normalized spacial score (nSPS) is 13.8. The Morgan fingerprint density at radius 3 is 2.48 bits per heavy atom. The molecule has 0 fully saturated rings. The topological polar surface area (TPSA) is 107 Å². The van der Waals surface area contributed by atoms with Gasteiger partial charge in [-0.3, -0.25) is 4.68 Å². The van der Waals surface area contributed by atoms with Crippen molar-refractivity contribution in [2.75, 3.05) is 25.6 Å². The Kier molecular flexibility index (Phi) is 8.08. The summed E-state index contributed by atoms with van der Waals surface area (Å²) in [6.45, 7) is 12.6. The minimum atomic E-state index is -0.660. The fraction of sp³-hybridized carbons (Fsp3) is 0.722. The van der Waals surface area contributed by atoms with Gasteiger partial charge in [-0.1, -0.05) is 13.8 Å². The van der Waals surface area contributed by atoms with Crippen LogP contribution in [0.4, 0.5) is 15.3 Å². The molecule has 3 amide bonds. The lowest BCUT2D eigenvalue weighted by atomic mass is 9.88. The van der Waals surface area contributed by atoms with E-state index in [0.29, 0.717) is 18.8 Å². The minimum Gasteiger partial charge on any atom is -0.444 e. The molecule has 0 aromatic carbocycles. The van der Waals surface area contributed by atoms with Crippen LogP contribution in [0.15, 0.2) is 12.4 Å². The highest BCUT2D eigenvalue weighted by Gasteiger charge is 2.31. The number of methoxy groups -OCH3 is 1. The molecule has 0 unspecified atom stereocenters. The lowest BCUT2D eigenvalue weighted by Crippen LogP contribution is -2.58. The molecular weight excluding hydrogens is 350 g/mol. The number of amides is 3. The quantitative estimate of drug-likeness (QED) is 0.640. The van der Waals surface area contributed by atoms with Crippen LogP contribution in [0.2, 0.25) is 0 Å². The van der Waals surface area contributed by atoms with Crippen molar-refractivity contribution in [3.8, 4) is 0 Å². The van der Waals surface area contributed by atoms with Crippen LogP contribution in [0.3, 0.4) is 0 Å². The molecule has 3 N–H and O–H groups in total. The van der Waals surface area contributed by atoms with E-state index in [1.54, 1.807) is 45.0 Å². The molecule has 1 aromatic heterocycles. The summed E-state index contributed by atoms with van der Waals surface area (Å²) in [5.74, 6) is 0.0719. The Bertz CT molecular complexity index is 624. The number of urea groups is 1. The second-order valence-electron chi connectivity index (χ2n) is 7.99. The first-order valence-electron chi connectivity index (χ1n) is 9.02. The zero-order valence-corrected chi connectivity index (χ0v) is 17.4. The largest absolute Gasteiger partial charge is 0.444 e. The molecule has 0 bridgehead atoms. The molecule has 0 spiro atoms.